The van der Waals surface area contributed by atoms with Crippen molar-refractivity contribution < 1.29 is 9.90 Å². The van der Waals surface area contributed by atoms with Crippen LogP contribution in [-0.2, 0) is 11.2 Å². The van der Waals surface area contributed by atoms with Gasteiger partial charge in [-0.2, -0.15) is 0 Å². The van der Waals surface area contributed by atoms with Crippen LogP contribution in [-0.4, -0.2) is 34.1 Å². The number of aryl methyl sites for hydroxylation is 1. The molecule has 2 saturated heterocycles. The summed E-state index contributed by atoms with van der Waals surface area (Å²) >= 11 is 3.46. The molecule has 4 heteroatoms. The quantitative estimate of drug-likeness (QED) is 0.921. The molecule has 1 N–H and O–H groups in total. The predicted octanol–water partition coefficient (Wildman–Crippen LogP) is 2.90. The first kappa shape index (κ1) is 14.1. The van der Waals surface area contributed by atoms with Gasteiger partial charge in [0.2, 0.25) is 5.91 Å². The minimum absolute atomic E-state index is 0.207. The van der Waals surface area contributed by atoms with Crippen molar-refractivity contribution in [3.63, 3.8) is 0 Å². The molecule has 2 bridgehead atoms. The van der Waals surface area contributed by atoms with E-state index in [0.717, 1.165) is 36.6 Å². The summed E-state index contributed by atoms with van der Waals surface area (Å²) in [5.41, 5.74) is 1.19. The van der Waals surface area contributed by atoms with Crippen LogP contribution in [0.5, 0.6) is 0 Å². The molecule has 0 aromatic heterocycles. The standard InChI is InChI=1S/C16H20BrNO2/c17-12-3-1-2-11(8-12)4-7-16(20)18-13-5-6-14(18)10-15(19)9-13/h1-3,8,13-15,19H,4-7,9-10H2. The summed E-state index contributed by atoms with van der Waals surface area (Å²) in [7, 11) is 0. The molecule has 2 unspecified atom stereocenters. The molecule has 3 rings (SSSR count). The van der Waals surface area contributed by atoms with E-state index in [4.69, 9.17) is 0 Å². The molecule has 1 aromatic carbocycles. The molecule has 2 heterocycles. The summed E-state index contributed by atoms with van der Waals surface area (Å²) < 4.78 is 1.06. The molecule has 0 aliphatic carbocycles. The highest BCUT2D eigenvalue weighted by Crippen LogP contribution is 2.36. The fourth-order valence-electron chi connectivity index (χ4n) is 3.63. The van der Waals surface area contributed by atoms with Gasteiger partial charge >= 0.3 is 0 Å². The zero-order valence-electron chi connectivity index (χ0n) is 11.5. The third-order valence-electron chi connectivity index (χ3n) is 4.51. The highest BCUT2D eigenvalue weighted by molar-refractivity contribution is 9.10. The summed E-state index contributed by atoms with van der Waals surface area (Å²) in [5, 5.41) is 9.78. The lowest BCUT2D eigenvalue weighted by molar-refractivity contribution is -0.137. The Morgan fingerprint density at radius 1 is 1.30 bits per heavy atom. The average molecular weight is 338 g/mol. The first-order chi connectivity index (χ1) is 9.63. The minimum Gasteiger partial charge on any atom is -0.393 e. The zero-order valence-corrected chi connectivity index (χ0v) is 13.1. The van der Waals surface area contributed by atoms with Crippen LogP contribution in [0.1, 0.15) is 37.7 Å². The normalized spacial score (nSPS) is 28.7. The number of nitrogens with zero attached hydrogens (tertiary/aromatic N) is 1. The number of amides is 1. The van der Waals surface area contributed by atoms with Gasteiger partial charge < -0.3 is 10.0 Å². The smallest absolute Gasteiger partial charge is 0.223 e. The second-order valence-electron chi connectivity index (χ2n) is 5.94. The SMILES string of the molecule is O=C(CCc1cccc(Br)c1)N1C2CCC1CC(O)C2. The summed E-state index contributed by atoms with van der Waals surface area (Å²) in [6.07, 6.45) is 4.80. The average Bonchev–Trinajstić information content (AvgIpc) is 2.68. The van der Waals surface area contributed by atoms with E-state index < -0.39 is 0 Å². The van der Waals surface area contributed by atoms with Gasteiger partial charge in [-0.1, -0.05) is 28.1 Å². The van der Waals surface area contributed by atoms with Gasteiger partial charge in [0.25, 0.3) is 0 Å². The van der Waals surface area contributed by atoms with E-state index in [2.05, 4.69) is 33.0 Å². The van der Waals surface area contributed by atoms with Crippen LogP contribution < -0.4 is 0 Å². The van der Waals surface area contributed by atoms with Crippen LogP contribution in [0.4, 0.5) is 0 Å². The number of benzene rings is 1. The van der Waals surface area contributed by atoms with Gasteiger partial charge in [-0.05, 0) is 49.8 Å². The van der Waals surface area contributed by atoms with Crippen molar-refractivity contribution in [3.8, 4) is 0 Å². The van der Waals surface area contributed by atoms with E-state index >= 15 is 0 Å². The highest BCUT2D eigenvalue weighted by Gasteiger charge is 2.42. The molecule has 3 nitrogen and oxygen atoms in total. The molecule has 0 saturated carbocycles. The molecular formula is C16H20BrNO2. The monoisotopic (exact) mass is 337 g/mol. The minimum atomic E-state index is -0.207. The maximum absolute atomic E-state index is 12.5. The van der Waals surface area contributed by atoms with Gasteiger partial charge in [-0.3, -0.25) is 4.79 Å². The van der Waals surface area contributed by atoms with E-state index in [1.165, 1.54) is 5.56 Å². The first-order valence-corrected chi connectivity index (χ1v) is 8.16. The highest BCUT2D eigenvalue weighted by atomic mass is 79.9. The molecule has 108 valence electrons. The Morgan fingerprint density at radius 3 is 2.65 bits per heavy atom. The van der Waals surface area contributed by atoms with Crippen molar-refractivity contribution in [1.29, 1.82) is 0 Å². The van der Waals surface area contributed by atoms with Gasteiger partial charge in [0.05, 0.1) is 6.10 Å². The van der Waals surface area contributed by atoms with Crippen molar-refractivity contribution >= 4 is 21.8 Å². The Hall–Kier alpha value is -0.870. The molecule has 2 fully saturated rings. The summed E-state index contributed by atoms with van der Waals surface area (Å²) in [5.74, 6) is 0.254. The lowest BCUT2D eigenvalue weighted by Crippen LogP contribution is -2.48. The second-order valence-corrected chi connectivity index (χ2v) is 6.86. The van der Waals surface area contributed by atoms with Crippen LogP contribution in [0, 0.1) is 0 Å². The van der Waals surface area contributed by atoms with E-state index in [0.29, 0.717) is 6.42 Å². The van der Waals surface area contributed by atoms with Gasteiger partial charge in [-0.15, -0.1) is 0 Å². The van der Waals surface area contributed by atoms with Crippen LogP contribution in [0.15, 0.2) is 28.7 Å². The number of carbonyl (C=O) groups excluding carboxylic acids is 1. The number of carbonyl (C=O) groups is 1. The van der Waals surface area contributed by atoms with Gasteiger partial charge in [0.15, 0.2) is 0 Å². The summed E-state index contributed by atoms with van der Waals surface area (Å²) in [6.45, 7) is 0. The lowest BCUT2D eigenvalue weighted by atomic mass is 9.99. The predicted molar refractivity (Wildman–Crippen MR) is 81.4 cm³/mol. The molecule has 20 heavy (non-hydrogen) atoms. The lowest BCUT2D eigenvalue weighted by Gasteiger charge is -2.37. The Balaban J connectivity index is 1.60. The van der Waals surface area contributed by atoms with E-state index in [1.54, 1.807) is 0 Å². The van der Waals surface area contributed by atoms with Gasteiger partial charge in [-0.25, -0.2) is 0 Å². The zero-order chi connectivity index (χ0) is 14.1. The third-order valence-corrected chi connectivity index (χ3v) is 5.01. The van der Waals surface area contributed by atoms with Crippen molar-refractivity contribution in [2.24, 2.45) is 0 Å². The van der Waals surface area contributed by atoms with Crippen molar-refractivity contribution in [3.05, 3.63) is 34.3 Å². The van der Waals surface area contributed by atoms with Crippen LogP contribution in [0.25, 0.3) is 0 Å². The molecule has 2 atom stereocenters. The van der Waals surface area contributed by atoms with Crippen molar-refractivity contribution in [2.45, 2.75) is 56.7 Å². The van der Waals surface area contributed by atoms with Crippen molar-refractivity contribution in [2.75, 3.05) is 0 Å². The second kappa shape index (κ2) is 5.86. The largest absolute Gasteiger partial charge is 0.393 e. The number of piperidine rings is 1. The van der Waals surface area contributed by atoms with Crippen LogP contribution in [0.2, 0.25) is 0 Å². The number of aliphatic hydroxyl groups is 1. The van der Waals surface area contributed by atoms with E-state index in [1.807, 2.05) is 12.1 Å². The van der Waals surface area contributed by atoms with E-state index in [-0.39, 0.29) is 24.1 Å². The Kier molecular flexibility index (Phi) is 4.13. The van der Waals surface area contributed by atoms with E-state index in [9.17, 15) is 9.90 Å². The Bertz CT molecular complexity index is 491. The number of halogens is 1. The number of fused-ring (bicyclic) bond motifs is 2. The third kappa shape index (κ3) is 2.91. The topological polar surface area (TPSA) is 40.5 Å². The maximum atomic E-state index is 12.5. The molecule has 2 aliphatic rings. The first-order valence-electron chi connectivity index (χ1n) is 7.37. The summed E-state index contributed by atoms with van der Waals surface area (Å²) in [6, 6.07) is 8.69. The molecule has 1 aromatic rings. The van der Waals surface area contributed by atoms with Crippen molar-refractivity contribution in [1.82, 2.24) is 4.90 Å². The molecule has 1 amide bonds. The molecule has 0 spiro atoms. The number of hydrogen-bond donors (Lipinski definition) is 1. The number of aliphatic hydroxyl groups excluding tert-OH is 1. The summed E-state index contributed by atoms with van der Waals surface area (Å²) in [4.78, 5) is 14.5. The van der Waals surface area contributed by atoms with Crippen LogP contribution >= 0.6 is 15.9 Å². The maximum Gasteiger partial charge on any atom is 0.223 e. The molecular weight excluding hydrogens is 318 g/mol. The van der Waals surface area contributed by atoms with Crippen LogP contribution in [0.3, 0.4) is 0 Å². The van der Waals surface area contributed by atoms with Gasteiger partial charge in [0, 0.05) is 23.0 Å². The Morgan fingerprint density at radius 2 is 2.00 bits per heavy atom. The number of rotatable bonds is 3. The fourth-order valence-corrected chi connectivity index (χ4v) is 4.08. The molecule has 2 aliphatic heterocycles. The fraction of sp³-hybridized carbons (Fsp3) is 0.562. The van der Waals surface area contributed by atoms with Gasteiger partial charge in [0.1, 0.15) is 0 Å². The molecule has 0 radical (unpaired) electrons. The Labute approximate surface area is 128 Å². The number of hydrogen-bond acceptors (Lipinski definition) is 2.